The molecule has 1 fully saturated rings. The molecule has 30 heavy (non-hydrogen) atoms. The molecule has 0 saturated heterocycles. The Morgan fingerprint density at radius 1 is 0.900 bits per heavy atom. The van der Waals surface area contributed by atoms with E-state index in [4.69, 9.17) is 14.2 Å². The summed E-state index contributed by atoms with van der Waals surface area (Å²) in [6.07, 6.45) is 6.37. The summed E-state index contributed by atoms with van der Waals surface area (Å²) in [5.41, 5.74) is 3.42. The van der Waals surface area contributed by atoms with E-state index in [2.05, 4.69) is 23.1 Å². The van der Waals surface area contributed by atoms with Crippen molar-refractivity contribution in [1.82, 2.24) is 4.90 Å². The number of carbonyl (C=O) groups is 1. The van der Waals surface area contributed by atoms with Crippen molar-refractivity contribution >= 4 is 5.91 Å². The molecule has 0 bridgehead atoms. The van der Waals surface area contributed by atoms with Crippen molar-refractivity contribution in [3.8, 4) is 17.2 Å². The fraction of sp³-hybridized carbons (Fsp3) is 0.480. The van der Waals surface area contributed by atoms with Crippen LogP contribution in [-0.4, -0.2) is 38.7 Å². The minimum absolute atomic E-state index is 0.131. The number of carbonyl (C=O) groups excluding carboxylic acids is 1. The molecule has 1 aliphatic carbocycles. The predicted octanol–water partition coefficient (Wildman–Crippen LogP) is 4.77. The Bertz CT molecular complexity index is 887. The minimum Gasteiger partial charge on any atom is -0.497 e. The van der Waals surface area contributed by atoms with Crippen molar-refractivity contribution in [3.05, 3.63) is 53.1 Å². The van der Waals surface area contributed by atoms with Crippen molar-refractivity contribution < 1.29 is 19.0 Å². The number of hydrogen-bond donors (Lipinski definition) is 0. The van der Waals surface area contributed by atoms with Gasteiger partial charge >= 0.3 is 0 Å². The monoisotopic (exact) mass is 409 g/mol. The fourth-order valence-electron chi connectivity index (χ4n) is 4.91. The maximum absolute atomic E-state index is 13.6. The molecule has 2 aliphatic rings. The van der Waals surface area contributed by atoms with Gasteiger partial charge < -0.3 is 19.1 Å². The third-order valence-corrected chi connectivity index (χ3v) is 6.54. The van der Waals surface area contributed by atoms with Gasteiger partial charge in [0.25, 0.3) is 0 Å². The first-order valence-corrected chi connectivity index (χ1v) is 10.9. The van der Waals surface area contributed by atoms with Crippen molar-refractivity contribution in [2.45, 2.75) is 44.6 Å². The van der Waals surface area contributed by atoms with Crippen LogP contribution in [0.3, 0.4) is 0 Å². The van der Waals surface area contributed by atoms with Crippen LogP contribution in [0.2, 0.25) is 0 Å². The molecule has 1 aliphatic heterocycles. The Labute approximate surface area is 178 Å². The van der Waals surface area contributed by atoms with Crippen LogP contribution in [0, 0.1) is 5.92 Å². The van der Waals surface area contributed by atoms with E-state index in [0.717, 1.165) is 54.7 Å². The van der Waals surface area contributed by atoms with Gasteiger partial charge in [-0.15, -0.1) is 0 Å². The Balaban J connectivity index is 1.78. The summed E-state index contributed by atoms with van der Waals surface area (Å²) in [6.45, 7) is 0.717. The average molecular weight is 410 g/mol. The summed E-state index contributed by atoms with van der Waals surface area (Å²) in [5.74, 6) is 2.67. The predicted molar refractivity (Wildman–Crippen MR) is 116 cm³/mol. The molecule has 1 saturated carbocycles. The fourth-order valence-corrected chi connectivity index (χ4v) is 4.91. The molecule has 1 unspecified atom stereocenters. The van der Waals surface area contributed by atoms with E-state index >= 15 is 0 Å². The van der Waals surface area contributed by atoms with E-state index in [-0.39, 0.29) is 17.9 Å². The lowest BCUT2D eigenvalue weighted by molar-refractivity contribution is -0.138. The van der Waals surface area contributed by atoms with Gasteiger partial charge in [-0.2, -0.15) is 0 Å². The molecule has 0 aromatic heterocycles. The maximum Gasteiger partial charge on any atom is 0.226 e. The molecule has 5 heteroatoms. The molecule has 0 N–H and O–H groups in total. The van der Waals surface area contributed by atoms with Crippen LogP contribution in [-0.2, 0) is 11.2 Å². The van der Waals surface area contributed by atoms with E-state index in [9.17, 15) is 4.79 Å². The Morgan fingerprint density at radius 2 is 1.57 bits per heavy atom. The topological polar surface area (TPSA) is 48.0 Å². The highest BCUT2D eigenvalue weighted by molar-refractivity contribution is 5.80. The molecule has 2 aromatic carbocycles. The van der Waals surface area contributed by atoms with E-state index in [0.29, 0.717) is 12.3 Å². The lowest BCUT2D eigenvalue weighted by Gasteiger charge is -2.40. The molecule has 4 rings (SSSR count). The van der Waals surface area contributed by atoms with Crippen LogP contribution in [0.25, 0.3) is 0 Å². The number of amides is 1. The third-order valence-electron chi connectivity index (χ3n) is 6.54. The summed E-state index contributed by atoms with van der Waals surface area (Å²) in [7, 11) is 4.98. The molecule has 0 radical (unpaired) electrons. The van der Waals surface area contributed by atoms with Crippen LogP contribution >= 0.6 is 0 Å². The molecule has 1 amide bonds. The van der Waals surface area contributed by atoms with Gasteiger partial charge in [0.1, 0.15) is 5.75 Å². The Kier molecular flexibility index (Phi) is 6.16. The van der Waals surface area contributed by atoms with E-state index < -0.39 is 0 Å². The molecule has 0 spiro atoms. The number of fused-ring (bicyclic) bond motifs is 1. The highest BCUT2D eigenvalue weighted by Crippen LogP contribution is 2.42. The van der Waals surface area contributed by atoms with Crippen molar-refractivity contribution in [3.63, 3.8) is 0 Å². The zero-order valence-corrected chi connectivity index (χ0v) is 18.1. The summed E-state index contributed by atoms with van der Waals surface area (Å²) in [6, 6.07) is 12.0. The van der Waals surface area contributed by atoms with Gasteiger partial charge in [-0.25, -0.2) is 0 Å². The van der Waals surface area contributed by atoms with Gasteiger partial charge in [0.15, 0.2) is 11.5 Å². The second-order valence-electron chi connectivity index (χ2n) is 8.20. The Morgan fingerprint density at radius 3 is 2.20 bits per heavy atom. The second-order valence-corrected chi connectivity index (χ2v) is 8.20. The van der Waals surface area contributed by atoms with Crippen LogP contribution in [0.4, 0.5) is 0 Å². The number of methoxy groups -OCH3 is 3. The van der Waals surface area contributed by atoms with Crippen LogP contribution < -0.4 is 14.2 Å². The number of rotatable bonds is 5. The first-order chi connectivity index (χ1) is 14.7. The van der Waals surface area contributed by atoms with Gasteiger partial charge in [-0.05, 0) is 60.2 Å². The lowest BCUT2D eigenvalue weighted by Crippen LogP contribution is -2.44. The Hall–Kier alpha value is -2.69. The first-order valence-electron chi connectivity index (χ1n) is 10.9. The zero-order chi connectivity index (χ0) is 21.1. The molecule has 1 atom stereocenters. The normalized spacial score (nSPS) is 19.2. The van der Waals surface area contributed by atoms with Crippen LogP contribution in [0.1, 0.15) is 54.8 Å². The van der Waals surface area contributed by atoms with Crippen LogP contribution in [0.5, 0.6) is 17.2 Å². The summed E-state index contributed by atoms with van der Waals surface area (Å²) >= 11 is 0. The minimum atomic E-state index is -0.131. The van der Waals surface area contributed by atoms with Gasteiger partial charge in [-0.1, -0.05) is 31.4 Å². The molecule has 160 valence electrons. The number of hydrogen-bond acceptors (Lipinski definition) is 4. The highest BCUT2D eigenvalue weighted by atomic mass is 16.5. The summed E-state index contributed by atoms with van der Waals surface area (Å²) < 4.78 is 16.5. The number of benzene rings is 2. The molecule has 1 heterocycles. The highest BCUT2D eigenvalue weighted by Gasteiger charge is 2.36. The second kappa shape index (κ2) is 8.99. The third kappa shape index (κ3) is 3.85. The largest absolute Gasteiger partial charge is 0.497 e. The lowest BCUT2D eigenvalue weighted by atomic mass is 9.84. The van der Waals surface area contributed by atoms with E-state index in [1.165, 1.54) is 12.0 Å². The van der Waals surface area contributed by atoms with Crippen molar-refractivity contribution in [2.24, 2.45) is 5.92 Å². The number of nitrogens with zero attached hydrogens (tertiary/aromatic N) is 1. The first kappa shape index (κ1) is 20.6. The average Bonchev–Trinajstić information content (AvgIpc) is 2.82. The summed E-state index contributed by atoms with van der Waals surface area (Å²) in [5, 5.41) is 0. The van der Waals surface area contributed by atoms with E-state index in [1.807, 2.05) is 18.2 Å². The van der Waals surface area contributed by atoms with Crippen molar-refractivity contribution in [2.75, 3.05) is 27.9 Å². The summed E-state index contributed by atoms with van der Waals surface area (Å²) in [4.78, 5) is 15.7. The van der Waals surface area contributed by atoms with Crippen molar-refractivity contribution in [1.29, 1.82) is 0 Å². The zero-order valence-electron chi connectivity index (χ0n) is 18.1. The maximum atomic E-state index is 13.6. The molecular formula is C25H31NO4. The molecule has 2 aromatic rings. The van der Waals surface area contributed by atoms with Gasteiger partial charge in [0.2, 0.25) is 5.91 Å². The quantitative estimate of drug-likeness (QED) is 0.714. The molecular weight excluding hydrogens is 378 g/mol. The van der Waals surface area contributed by atoms with E-state index in [1.54, 1.807) is 21.3 Å². The van der Waals surface area contributed by atoms with Gasteiger partial charge in [0, 0.05) is 12.5 Å². The molecule has 5 nitrogen and oxygen atoms in total. The van der Waals surface area contributed by atoms with Gasteiger partial charge in [0.05, 0.1) is 27.4 Å². The standard InChI is InChI=1S/C25H31NO4/c1-28-20-11-9-17(10-12-20)24-21-16-23(30-3)22(29-2)15-19(21)13-14-26(24)25(27)18-7-5-4-6-8-18/h9-12,15-16,18,24H,4-8,13-14H2,1-3H3. The van der Waals surface area contributed by atoms with Gasteiger partial charge in [-0.3, -0.25) is 4.79 Å². The SMILES string of the molecule is COc1ccc(C2c3cc(OC)c(OC)cc3CCN2C(=O)C2CCCCC2)cc1. The van der Waals surface area contributed by atoms with Crippen LogP contribution in [0.15, 0.2) is 36.4 Å². The number of ether oxygens (including phenoxy) is 3. The smallest absolute Gasteiger partial charge is 0.226 e.